The van der Waals surface area contributed by atoms with E-state index in [2.05, 4.69) is 176 Å². The molecule has 2 aliphatic rings. The van der Waals surface area contributed by atoms with Crippen molar-refractivity contribution in [3.8, 4) is 0 Å². The van der Waals surface area contributed by atoms with E-state index in [1.165, 1.54) is 43.0 Å². The molecule has 8 aromatic rings. The molecular formula is C56H49ClN2O2P2. The van der Waals surface area contributed by atoms with Crippen LogP contribution in [-0.4, -0.2) is 36.9 Å². The van der Waals surface area contributed by atoms with Crippen molar-refractivity contribution in [2.45, 2.75) is 12.8 Å². The van der Waals surface area contributed by atoms with Crippen molar-refractivity contribution < 1.29 is 22.0 Å². The molecular weight excluding hydrogens is 830 g/mol. The molecule has 0 bridgehead atoms. The number of carbonyl (C=O) groups excluding carboxylic acids is 2. The number of benzene rings is 8. The first-order valence-corrected chi connectivity index (χ1v) is 25.2. The average Bonchev–Trinajstić information content (AvgIpc) is 4.00. The maximum absolute atomic E-state index is 13.9. The van der Waals surface area contributed by atoms with Gasteiger partial charge in [0, 0.05) is 30.3 Å². The minimum absolute atomic E-state index is 0. The van der Waals surface area contributed by atoms with Crippen molar-refractivity contribution >= 4 is 75.0 Å². The molecule has 63 heavy (non-hydrogen) atoms. The van der Waals surface area contributed by atoms with Crippen LogP contribution in [0.4, 0.5) is 11.4 Å². The van der Waals surface area contributed by atoms with Crippen LogP contribution in [0.5, 0.6) is 0 Å². The van der Waals surface area contributed by atoms with Gasteiger partial charge in [-0.1, -0.05) is 182 Å². The number of nitrogens with zero attached hydrogens (tertiary/aromatic N) is 2. The SMILES string of the molecule is O=C(C=P(c1ccccc1)(c1ccccc1)c1ccccc1)N1CCc2ccccc21.O=C(C[P+](c1ccccc1)(c1ccccc1)c1ccccc1)N1CCc2ccccc21.[Cl-]. The van der Waals surface area contributed by atoms with E-state index >= 15 is 0 Å². The lowest BCUT2D eigenvalue weighted by Crippen LogP contribution is -3.00. The van der Waals surface area contributed by atoms with Gasteiger partial charge < -0.3 is 22.2 Å². The number of carbonyl (C=O) groups is 2. The highest BCUT2D eigenvalue weighted by molar-refractivity contribution is 7.96. The summed E-state index contributed by atoms with van der Waals surface area (Å²) in [6.07, 6.45) is 2.32. The minimum atomic E-state index is -2.29. The molecule has 0 atom stereocenters. The number of hydrogen-bond acceptors (Lipinski definition) is 2. The second-order valence-corrected chi connectivity index (χ2v) is 22.4. The molecule has 0 radical (unpaired) electrons. The number of para-hydroxylation sites is 2. The summed E-state index contributed by atoms with van der Waals surface area (Å²) >= 11 is 0. The van der Waals surface area contributed by atoms with Crippen LogP contribution in [0.2, 0.25) is 0 Å². The second kappa shape index (κ2) is 19.8. The zero-order valence-corrected chi connectivity index (χ0v) is 37.6. The fourth-order valence-electron chi connectivity index (χ4n) is 9.12. The van der Waals surface area contributed by atoms with Gasteiger partial charge in [-0.15, -0.1) is 0 Å². The van der Waals surface area contributed by atoms with Gasteiger partial charge in [0.05, 0.1) is 0 Å². The van der Waals surface area contributed by atoms with Crippen molar-refractivity contribution in [2.75, 3.05) is 29.1 Å². The summed E-state index contributed by atoms with van der Waals surface area (Å²) in [6, 6.07) is 79.9. The molecule has 0 aromatic heterocycles. The molecule has 312 valence electrons. The molecule has 0 unspecified atom stereocenters. The van der Waals surface area contributed by atoms with Crippen LogP contribution in [0.15, 0.2) is 231 Å². The fraction of sp³-hybridized carbons (Fsp3) is 0.0893. The Morgan fingerprint density at radius 2 is 0.746 bits per heavy atom. The van der Waals surface area contributed by atoms with Crippen molar-refractivity contribution in [3.63, 3.8) is 0 Å². The van der Waals surface area contributed by atoms with Gasteiger partial charge in [-0.05, 0) is 95.3 Å². The largest absolute Gasteiger partial charge is 1.00 e. The first-order chi connectivity index (χ1) is 30.6. The van der Waals surface area contributed by atoms with Crippen LogP contribution in [0.3, 0.4) is 0 Å². The Balaban J connectivity index is 0.000000170. The number of rotatable bonds is 9. The van der Waals surface area contributed by atoms with Gasteiger partial charge in [0.1, 0.15) is 23.2 Å². The standard InChI is InChI=1S/C28H25NOP.C28H24NOP.ClH/c2*30-28(29-21-20-23-12-10-11-19-27(23)29)22-31(24-13-4-1-5-14-24,25-15-6-2-7-16-25)26-17-8-3-9-18-26;/h1-19H,20-22H2;1-19,22H,20-21H2;1H/q+1;;/p-1. The molecule has 0 N–H and O–H groups in total. The van der Waals surface area contributed by atoms with Crippen molar-refractivity contribution in [3.05, 3.63) is 242 Å². The monoisotopic (exact) mass is 878 g/mol. The van der Waals surface area contributed by atoms with Gasteiger partial charge in [-0.2, -0.15) is 0 Å². The average molecular weight is 879 g/mol. The molecule has 8 aromatic carbocycles. The van der Waals surface area contributed by atoms with E-state index in [1.807, 2.05) is 70.2 Å². The molecule has 7 heteroatoms. The Morgan fingerprint density at radius 1 is 0.429 bits per heavy atom. The molecule has 10 rings (SSSR count). The second-order valence-electron chi connectivity index (χ2n) is 15.6. The molecule has 2 aliphatic heterocycles. The van der Waals surface area contributed by atoms with Crippen LogP contribution < -0.4 is 54.0 Å². The molecule has 4 nitrogen and oxygen atoms in total. The maximum atomic E-state index is 13.9. The van der Waals surface area contributed by atoms with Crippen LogP contribution in [0.1, 0.15) is 11.1 Å². The van der Waals surface area contributed by atoms with Crippen molar-refractivity contribution in [1.82, 2.24) is 0 Å². The molecule has 0 saturated carbocycles. The number of fused-ring (bicyclic) bond motifs is 2. The maximum Gasteiger partial charge on any atom is 0.265 e. The smallest absolute Gasteiger partial charge is 0.265 e. The number of amides is 2. The minimum Gasteiger partial charge on any atom is -1.00 e. The Labute approximate surface area is 378 Å². The lowest BCUT2D eigenvalue weighted by Gasteiger charge is -2.29. The summed E-state index contributed by atoms with van der Waals surface area (Å²) < 4.78 is 0. The van der Waals surface area contributed by atoms with Crippen LogP contribution in [0, 0.1) is 0 Å². The third-order valence-electron chi connectivity index (χ3n) is 12.1. The lowest BCUT2D eigenvalue weighted by molar-refractivity contribution is -0.116. The van der Waals surface area contributed by atoms with Crippen molar-refractivity contribution in [2.24, 2.45) is 0 Å². The highest BCUT2D eigenvalue weighted by atomic mass is 35.5. The number of anilines is 2. The highest BCUT2D eigenvalue weighted by Gasteiger charge is 2.48. The molecule has 0 aliphatic carbocycles. The Bertz CT molecular complexity index is 2630. The van der Waals surface area contributed by atoms with E-state index in [0.29, 0.717) is 6.16 Å². The van der Waals surface area contributed by atoms with Crippen LogP contribution >= 0.6 is 14.1 Å². The van der Waals surface area contributed by atoms with Crippen LogP contribution in [-0.2, 0) is 22.4 Å². The van der Waals surface area contributed by atoms with Gasteiger partial charge in [-0.3, -0.25) is 9.59 Å². The summed E-state index contributed by atoms with van der Waals surface area (Å²) in [5.41, 5.74) is 4.61. The highest BCUT2D eigenvalue weighted by Crippen LogP contribution is 2.55. The lowest BCUT2D eigenvalue weighted by atomic mass is 10.2. The predicted molar refractivity (Wildman–Crippen MR) is 266 cm³/mol. The summed E-state index contributed by atoms with van der Waals surface area (Å²) in [5, 5.41) is 7.30. The van der Waals surface area contributed by atoms with Gasteiger partial charge in [0.15, 0.2) is 6.16 Å². The van der Waals surface area contributed by atoms with E-state index in [9.17, 15) is 9.59 Å². The quantitative estimate of drug-likeness (QED) is 0.169. The summed E-state index contributed by atoms with van der Waals surface area (Å²) in [7, 11) is -2.16. The zero-order chi connectivity index (χ0) is 42.2. The first kappa shape index (κ1) is 43.4. The van der Waals surface area contributed by atoms with E-state index in [0.717, 1.165) is 37.3 Å². The molecule has 2 amide bonds. The third-order valence-corrected chi connectivity index (χ3v) is 20.3. The molecule has 2 heterocycles. The van der Waals surface area contributed by atoms with Crippen LogP contribution in [0.25, 0.3) is 0 Å². The van der Waals surface area contributed by atoms with Gasteiger partial charge in [0.25, 0.3) is 11.8 Å². The summed E-state index contributed by atoms with van der Waals surface area (Å²) in [6.45, 7) is -0.800. The van der Waals surface area contributed by atoms with Gasteiger partial charge >= 0.3 is 0 Å². The zero-order valence-electron chi connectivity index (χ0n) is 35.0. The van der Waals surface area contributed by atoms with Gasteiger partial charge in [-0.25, -0.2) is 0 Å². The molecule has 0 spiro atoms. The normalized spacial score (nSPS) is 12.8. The van der Waals surface area contributed by atoms with E-state index in [1.54, 1.807) is 0 Å². The summed E-state index contributed by atoms with van der Waals surface area (Å²) in [4.78, 5) is 31.7. The Kier molecular flexibility index (Phi) is 13.7. The number of hydrogen-bond donors (Lipinski definition) is 0. The van der Waals surface area contributed by atoms with E-state index in [-0.39, 0.29) is 24.2 Å². The van der Waals surface area contributed by atoms with E-state index < -0.39 is 14.1 Å². The summed E-state index contributed by atoms with van der Waals surface area (Å²) in [5.74, 6) is 2.31. The van der Waals surface area contributed by atoms with Crippen molar-refractivity contribution in [1.29, 1.82) is 0 Å². The molecule has 0 saturated heterocycles. The number of halogens is 1. The third kappa shape index (κ3) is 8.73. The molecule has 0 fully saturated rings. The van der Waals surface area contributed by atoms with Gasteiger partial charge in [0.2, 0.25) is 0 Å². The first-order valence-electron chi connectivity index (χ1n) is 21.3. The predicted octanol–water partition coefficient (Wildman–Crippen LogP) is 5.95. The topological polar surface area (TPSA) is 40.6 Å². The Morgan fingerprint density at radius 3 is 1.14 bits per heavy atom. The Hall–Kier alpha value is -6.28. The van der Waals surface area contributed by atoms with E-state index in [4.69, 9.17) is 0 Å². The fourth-order valence-corrected chi connectivity index (χ4v) is 16.9.